The first-order chi connectivity index (χ1) is 12.3. The van der Waals surface area contributed by atoms with E-state index >= 15 is 0 Å². The van der Waals surface area contributed by atoms with E-state index in [2.05, 4.69) is 0 Å². The van der Waals surface area contributed by atoms with Gasteiger partial charge in [0.15, 0.2) is 9.84 Å². The van der Waals surface area contributed by atoms with Gasteiger partial charge < -0.3 is 0 Å². The molecule has 1 aliphatic heterocycles. The number of hydrogen-bond donors (Lipinski definition) is 0. The Hall–Kier alpha value is -1.70. The largest absolute Gasteiger partial charge is 0.243 e. The predicted octanol–water partition coefficient (Wildman–Crippen LogP) is 2.63. The second-order valence-electron chi connectivity index (χ2n) is 6.59. The van der Waals surface area contributed by atoms with Crippen LogP contribution < -0.4 is 0 Å². The van der Waals surface area contributed by atoms with Crippen LogP contribution >= 0.6 is 0 Å². The van der Waals surface area contributed by atoms with Crippen LogP contribution in [0.3, 0.4) is 0 Å². The van der Waals surface area contributed by atoms with E-state index in [1.165, 1.54) is 4.31 Å². The van der Waals surface area contributed by atoms with Gasteiger partial charge in [0.25, 0.3) is 0 Å². The standard InChI is InChI=1S/C19H23NO4S2/c1-2-16-8-10-19(11-9-16)26(23,24)20(14-17-6-4-3-5-7-17)18-12-13-25(21,22)15-18/h3-11,18H,2,12-15H2,1H3/t18-/m1/s1. The van der Waals surface area contributed by atoms with E-state index < -0.39 is 25.9 Å². The lowest BCUT2D eigenvalue weighted by Gasteiger charge is -2.27. The average molecular weight is 394 g/mol. The Morgan fingerprint density at radius 2 is 1.65 bits per heavy atom. The minimum atomic E-state index is -3.79. The summed E-state index contributed by atoms with van der Waals surface area (Å²) in [6.45, 7) is 2.17. The Balaban J connectivity index is 1.98. The summed E-state index contributed by atoms with van der Waals surface area (Å²) in [6, 6.07) is 15.6. The highest BCUT2D eigenvalue weighted by Gasteiger charge is 2.38. The van der Waals surface area contributed by atoms with Gasteiger partial charge in [-0.1, -0.05) is 49.4 Å². The molecule has 0 saturated carbocycles. The maximum atomic E-state index is 13.3. The first-order valence-corrected chi connectivity index (χ1v) is 11.9. The zero-order chi connectivity index (χ0) is 18.8. The molecule has 3 rings (SSSR count). The molecule has 1 fully saturated rings. The molecule has 1 saturated heterocycles. The molecule has 7 heteroatoms. The van der Waals surface area contributed by atoms with E-state index in [0.29, 0.717) is 6.42 Å². The van der Waals surface area contributed by atoms with Gasteiger partial charge in [-0.25, -0.2) is 16.8 Å². The van der Waals surface area contributed by atoms with Crippen molar-refractivity contribution < 1.29 is 16.8 Å². The van der Waals surface area contributed by atoms with Crippen molar-refractivity contribution in [3.05, 3.63) is 65.7 Å². The van der Waals surface area contributed by atoms with Crippen LogP contribution in [-0.2, 0) is 32.8 Å². The van der Waals surface area contributed by atoms with Crippen molar-refractivity contribution >= 4 is 19.9 Å². The number of sulfonamides is 1. The van der Waals surface area contributed by atoms with E-state index in [1.54, 1.807) is 24.3 Å². The van der Waals surface area contributed by atoms with E-state index in [-0.39, 0.29) is 22.9 Å². The fraction of sp³-hybridized carbons (Fsp3) is 0.368. The summed E-state index contributed by atoms with van der Waals surface area (Å²) >= 11 is 0. The number of benzene rings is 2. The summed E-state index contributed by atoms with van der Waals surface area (Å²) in [6.07, 6.45) is 1.16. The smallest absolute Gasteiger partial charge is 0.229 e. The predicted molar refractivity (Wildman–Crippen MR) is 102 cm³/mol. The van der Waals surface area contributed by atoms with Crippen LogP contribution in [0.1, 0.15) is 24.5 Å². The van der Waals surface area contributed by atoms with Crippen LogP contribution in [0.2, 0.25) is 0 Å². The number of hydrogen-bond acceptors (Lipinski definition) is 4. The maximum Gasteiger partial charge on any atom is 0.243 e. The minimum Gasteiger partial charge on any atom is -0.229 e. The van der Waals surface area contributed by atoms with Gasteiger partial charge in [0.1, 0.15) is 0 Å². The Bertz CT molecular complexity index is 952. The van der Waals surface area contributed by atoms with Crippen LogP contribution in [0.4, 0.5) is 0 Å². The highest BCUT2D eigenvalue weighted by atomic mass is 32.2. The van der Waals surface area contributed by atoms with Crippen LogP contribution in [0.5, 0.6) is 0 Å². The third kappa shape index (κ3) is 4.16. The number of sulfone groups is 1. The maximum absolute atomic E-state index is 13.3. The summed E-state index contributed by atoms with van der Waals surface area (Å²) < 4.78 is 51.7. The summed E-state index contributed by atoms with van der Waals surface area (Å²) in [5.74, 6) is -0.0840. The molecule has 26 heavy (non-hydrogen) atoms. The topological polar surface area (TPSA) is 71.5 Å². The van der Waals surface area contributed by atoms with Gasteiger partial charge in [0.05, 0.1) is 16.4 Å². The molecule has 1 heterocycles. The quantitative estimate of drug-likeness (QED) is 0.756. The second kappa shape index (κ2) is 7.50. The van der Waals surface area contributed by atoms with Crippen molar-refractivity contribution in [3.8, 4) is 0 Å². The molecule has 5 nitrogen and oxygen atoms in total. The first kappa shape index (κ1) is 19.1. The zero-order valence-corrected chi connectivity index (χ0v) is 16.3. The molecule has 140 valence electrons. The van der Waals surface area contributed by atoms with Gasteiger partial charge in [0, 0.05) is 12.6 Å². The molecule has 0 aliphatic carbocycles. The van der Waals surface area contributed by atoms with Gasteiger partial charge >= 0.3 is 0 Å². The Morgan fingerprint density at radius 3 is 2.19 bits per heavy atom. The molecule has 1 aliphatic rings. The van der Waals surface area contributed by atoms with Crippen molar-refractivity contribution in [2.75, 3.05) is 11.5 Å². The van der Waals surface area contributed by atoms with Crippen LogP contribution in [0.15, 0.2) is 59.5 Å². The third-order valence-corrected chi connectivity index (χ3v) is 8.40. The number of nitrogens with zero attached hydrogens (tertiary/aromatic N) is 1. The van der Waals surface area contributed by atoms with E-state index in [4.69, 9.17) is 0 Å². The monoisotopic (exact) mass is 393 g/mol. The molecule has 0 N–H and O–H groups in total. The van der Waals surface area contributed by atoms with E-state index in [1.807, 2.05) is 37.3 Å². The molecule has 2 aromatic carbocycles. The molecule has 0 bridgehead atoms. The van der Waals surface area contributed by atoms with Gasteiger partial charge in [-0.05, 0) is 36.1 Å². The van der Waals surface area contributed by atoms with E-state index in [0.717, 1.165) is 17.5 Å². The molecule has 2 aromatic rings. The van der Waals surface area contributed by atoms with Gasteiger partial charge in [-0.3, -0.25) is 0 Å². The molecular weight excluding hydrogens is 370 g/mol. The van der Waals surface area contributed by atoms with Gasteiger partial charge in [0.2, 0.25) is 10.0 Å². The molecule has 0 spiro atoms. The molecule has 0 aromatic heterocycles. The third-order valence-electron chi connectivity index (χ3n) is 4.74. The van der Waals surface area contributed by atoms with Crippen LogP contribution in [0, 0.1) is 0 Å². The van der Waals surface area contributed by atoms with Crippen LogP contribution in [-0.4, -0.2) is 38.7 Å². The molecular formula is C19H23NO4S2. The Kier molecular flexibility index (Phi) is 5.50. The Labute approximate surface area is 155 Å². The van der Waals surface area contributed by atoms with Crippen molar-refractivity contribution in [1.29, 1.82) is 0 Å². The van der Waals surface area contributed by atoms with Crippen LogP contribution in [0.25, 0.3) is 0 Å². The number of aryl methyl sites for hydroxylation is 1. The summed E-state index contributed by atoms with van der Waals surface area (Å²) in [5, 5.41) is 0. The van der Waals surface area contributed by atoms with Crippen molar-refractivity contribution in [2.24, 2.45) is 0 Å². The molecule has 0 radical (unpaired) electrons. The fourth-order valence-corrected chi connectivity index (χ4v) is 6.68. The Morgan fingerprint density at radius 1 is 1.00 bits per heavy atom. The molecule has 0 amide bonds. The molecule has 1 atom stereocenters. The van der Waals surface area contributed by atoms with Crippen molar-refractivity contribution in [2.45, 2.75) is 37.2 Å². The van der Waals surface area contributed by atoms with Crippen molar-refractivity contribution in [1.82, 2.24) is 4.31 Å². The van der Waals surface area contributed by atoms with Gasteiger partial charge in [-0.15, -0.1) is 0 Å². The lowest BCUT2D eigenvalue weighted by atomic mass is 10.2. The number of rotatable bonds is 6. The van der Waals surface area contributed by atoms with Gasteiger partial charge in [-0.2, -0.15) is 4.31 Å². The first-order valence-electron chi connectivity index (χ1n) is 8.67. The normalized spacial score (nSPS) is 19.7. The van der Waals surface area contributed by atoms with Crippen molar-refractivity contribution in [3.63, 3.8) is 0 Å². The van der Waals surface area contributed by atoms with E-state index in [9.17, 15) is 16.8 Å². The highest BCUT2D eigenvalue weighted by Crippen LogP contribution is 2.27. The zero-order valence-electron chi connectivity index (χ0n) is 14.7. The lowest BCUT2D eigenvalue weighted by Crippen LogP contribution is -2.40. The highest BCUT2D eigenvalue weighted by molar-refractivity contribution is 7.92. The minimum absolute atomic E-state index is 0.0350. The fourth-order valence-electron chi connectivity index (χ4n) is 3.21. The summed E-state index contributed by atoms with van der Waals surface area (Å²) in [7, 11) is -6.98. The lowest BCUT2D eigenvalue weighted by molar-refractivity contribution is 0.334. The average Bonchev–Trinajstić information content (AvgIpc) is 3.00. The summed E-state index contributed by atoms with van der Waals surface area (Å²) in [5.41, 5.74) is 1.90. The second-order valence-corrected chi connectivity index (χ2v) is 10.7. The molecule has 0 unspecified atom stereocenters. The SMILES string of the molecule is CCc1ccc(S(=O)(=O)N(Cc2ccccc2)[C@@H]2CCS(=O)(=O)C2)cc1. The summed E-state index contributed by atoms with van der Waals surface area (Å²) in [4.78, 5) is 0.204.